The van der Waals surface area contributed by atoms with Gasteiger partial charge in [-0.3, -0.25) is 4.98 Å². The zero-order chi connectivity index (χ0) is 11.9. The Bertz CT molecular complexity index is 547. The molecule has 2 rings (SSSR count). The fourth-order valence-electron chi connectivity index (χ4n) is 1.94. The van der Waals surface area contributed by atoms with E-state index in [1.54, 1.807) is 0 Å². The third kappa shape index (κ3) is 1.79. The zero-order valence-corrected chi connectivity index (χ0v) is 10.5. The monoisotopic (exact) mass is 234 g/mol. The van der Waals surface area contributed by atoms with Crippen molar-refractivity contribution >= 4 is 22.5 Å². The van der Waals surface area contributed by atoms with Crippen molar-refractivity contribution in [1.82, 2.24) is 4.98 Å². The maximum absolute atomic E-state index is 6.10. The number of fused-ring (bicyclic) bond motifs is 1. The molecule has 0 spiro atoms. The van der Waals surface area contributed by atoms with E-state index in [0.717, 1.165) is 32.7 Å². The second-order valence-electron chi connectivity index (χ2n) is 4.21. The number of aryl methyl sites for hydroxylation is 2. The van der Waals surface area contributed by atoms with Gasteiger partial charge in [0.25, 0.3) is 0 Å². The van der Waals surface area contributed by atoms with Crippen LogP contribution in [0.5, 0.6) is 0 Å². The number of rotatable bonds is 1. The molecule has 0 aliphatic rings. The van der Waals surface area contributed by atoms with Gasteiger partial charge in [-0.2, -0.15) is 0 Å². The first kappa shape index (κ1) is 11.4. The van der Waals surface area contributed by atoms with Crippen molar-refractivity contribution in [3.05, 3.63) is 40.0 Å². The first-order chi connectivity index (χ1) is 7.50. The Kier molecular flexibility index (Phi) is 2.87. The van der Waals surface area contributed by atoms with Crippen LogP contribution in [0.25, 0.3) is 10.9 Å². The number of aromatic nitrogens is 1. The lowest BCUT2D eigenvalue weighted by atomic mass is 10.0. The number of halogens is 1. The molecule has 16 heavy (non-hydrogen) atoms. The van der Waals surface area contributed by atoms with Crippen LogP contribution in [0, 0.1) is 13.8 Å². The van der Waals surface area contributed by atoms with Crippen LogP contribution in [0.15, 0.2) is 18.2 Å². The largest absolute Gasteiger partial charge is 0.324 e. The Morgan fingerprint density at radius 2 is 2.00 bits per heavy atom. The third-order valence-electron chi connectivity index (χ3n) is 2.82. The van der Waals surface area contributed by atoms with Gasteiger partial charge in [-0.25, -0.2) is 0 Å². The van der Waals surface area contributed by atoms with Crippen molar-refractivity contribution in [3.63, 3.8) is 0 Å². The molecule has 1 unspecified atom stereocenters. The van der Waals surface area contributed by atoms with Crippen LogP contribution < -0.4 is 5.73 Å². The van der Waals surface area contributed by atoms with Crippen LogP contribution in [0.4, 0.5) is 0 Å². The summed E-state index contributed by atoms with van der Waals surface area (Å²) in [6.45, 7) is 5.95. The number of benzene rings is 1. The van der Waals surface area contributed by atoms with E-state index >= 15 is 0 Å². The Morgan fingerprint density at radius 3 is 2.62 bits per heavy atom. The third-order valence-corrected chi connectivity index (χ3v) is 3.23. The van der Waals surface area contributed by atoms with E-state index in [4.69, 9.17) is 17.3 Å². The molecule has 0 bridgehead atoms. The van der Waals surface area contributed by atoms with Crippen molar-refractivity contribution < 1.29 is 0 Å². The standard InChI is InChI=1S/C13H15ClN2/c1-7-6-11(9(3)15)10-4-5-12(14)8(2)13(10)16-7/h4-6,9H,15H2,1-3H3. The van der Waals surface area contributed by atoms with Crippen molar-refractivity contribution in [1.29, 1.82) is 0 Å². The summed E-state index contributed by atoms with van der Waals surface area (Å²) in [6, 6.07) is 5.95. The Hall–Kier alpha value is -1.12. The highest BCUT2D eigenvalue weighted by molar-refractivity contribution is 6.32. The van der Waals surface area contributed by atoms with Gasteiger partial charge in [0.1, 0.15) is 0 Å². The van der Waals surface area contributed by atoms with Crippen LogP contribution in [-0.2, 0) is 0 Å². The van der Waals surface area contributed by atoms with Gasteiger partial charge < -0.3 is 5.73 Å². The van der Waals surface area contributed by atoms with Gasteiger partial charge in [0.15, 0.2) is 0 Å². The molecule has 2 N–H and O–H groups in total. The lowest BCUT2D eigenvalue weighted by molar-refractivity contribution is 0.823. The smallest absolute Gasteiger partial charge is 0.0752 e. The summed E-state index contributed by atoms with van der Waals surface area (Å²) in [5.41, 5.74) is 10.1. The minimum atomic E-state index is 0.00442. The van der Waals surface area contributed by atoms with Crippen LogP contribution in [-0.4, -0.2) is 4.98 Å². The molecule has 0 aliphatic heterocycles. The maximum Gasteiger partial charge on any atom is 0.0752 e. The molecule has 84 valence electrons. The van der Waals surface area contributed by atoms with E-state index in [-0.39, 0.29) is 6.04 Å². The number of hydrogen-bond donors (Lipinski definition) is 1. The molecule has 0 aliphatic carbocycles. The molecule has 0 radical (unpaired) electrons. The fourth-order valence-corrected chi connectivity index (χ4v) is 2.09. The molecule has 0 fully saturated rings. The van der Waals surface area contributed by atoms with Gasteiger partial charge in [-0.1, -0.05) is 17.7 Å². The Balaban J connectivity index is 2.89. The lowest BCUT2D eigenvalue weighted by Gasteiger charge is -2.13. The minimum Gasteiger partial charge on any atom is -0.324 e. The molecule has 1 aromatic carbocycles. The summed E-state index contributed by atoms with van der Waals surface area (Å²) in [6.07, 6.45) is 0. The van der Waals surface area contributed by atoms with E-state index in [0.29, 0.717) is 0 Å². The molecular formula is C13H15ClN2. The first-order valence-electron chi connectivity index (χ1n) is 5.32. The molecule has 0 saturated carbocycles. The van der Waals surface area contributed by atoms with Gasteiger partial charge in [0, 0.05) is 22.1 Å². The van der Waals surface area contributed by atoms with Crippen molar-refractivity contribution in [2.45, 2.75) is 26.8 Å². The highest BCUT2D eigenvalue weighted by atomic mass is 35.5. The second-order valence-corrected chi connectivity index (χ2v) is 4.62. The highest BCUT2D eigenvalue weighted by Gasteiger charge is 2.10. The average molecular weight is 235 g/mol. The average Bonchev–Trinajstić information content (AvgIpc) is 2.23. The van der Waals surface area contributed by atoms with Crippen molar-refractivity contribution in [2.24, 2.45) is 5.73 Å². The molecule has 2 nitrogen and oxygen atoms in total. The maximum atomic E-state index is 6.10. The Labute approximate surface area is 100 Å². The Morgan fingerprint density at radius 1 is 1.31 bits per heavy atom. The van der Waals surface area contributed by atoms with E-state index < -0.39 is 0 Å². The number of nitrogens with two attached hydrogens (primary N) is 1. The van der Waals surface area contributed by atoms with Gasteiger partial charge in [0.2, 0.25) is 0 Å². The molecule has 1 heterocycles. The predicted molar refractivity (Wildman–Crippen MR) is 68.8 cm³/mol. The second kappa shape index (κ2) is 4.04. The minimum absolute atomic E-state index is 0.00442. The van der Waals surface area contributed by atoms with Crippen LogP contribution in [0.1, 0.15) is 29.8 Å². The van der Waals surface area contributed by atoms with Crippen LogP contribution in [0.3, 0.4) is 0 Å². The predicted octanol–water partition coefficient (Wildman–Crippen LogP) is 3.52. The van der Waals surface area contributed by atoms with Crippen LogP contribution in [0.2, 0.25) is 5.02 Å². The lowest BCUT2D eigenvalue weighted by Crippen LogP contribution is -2.07. The number of pyridine rings is 1. The van der Waals surface area contributed by atoms with E-state index in [1.165, 1.54) is 0 Å². The normalized spacial score (nSPS) is 13.1. The SMILES string of the molecule is Cc1cc(C(C)N)c2ccc(Cl)c(C)c2n1. The first-order valence-corrected chi connectivity index (χ1v) is 5.70. The van der Waals surface area contributed by atoms with E-state index in [2.05, 4.69) is 4.98 Å². The molecule has 1 aromatic heterocycles. The summed E-state index contributed by atoms with van der Waals surface area (Å²) >= 11 is 6.10. The molecule has 3 heteroatoms. The molecule has 0 amide bonds. The highest BCUT2D eigenvalue weighted by Crippen LogP contribution is 2.28. The summed E-state index contributed by atoms with van der Waals surface area (Å²) in [4.78, 5) is 4.54. The molecule has 2 aromatic rings. The van der Waals surface area contributed by atoms with Crippen LogP contribution >= 0.6 is 11.6 Å². The van der Waals surface area contributed by atoms with Crippen molar-refractivity contribution in [2.75, 3.05) is 0 Å². The van der Waals surface area contributed by atoms with Gasteiger partial charge in [0.05, 0.1) is 5.52 Å². The molecule has 0 saturated heterocycles. The van der Waals surface area contributed by atoms with Gasteiger partial charge >= 0.3 is 0 Å². The fraction of sp³-hybridized carbons (Fsp3) is 0.308. The molecular weight excluding hydrogens is 220 g/mol. The number of hydrogen-bond acceptors (Lipinski definition) is 2. The molecule has 1 atom stereocenters. The van der Waals surface area contributed by atoms with E-state index in [9.17, 15) is 0 Å². The quantitative estimate of drug-likeness (QED) is 0.820. The van der Waals surface area contributed by atoms with Crippen molar-refractivity contribution in [3.8, 4) is 0 Å². The summed E-state index contributed by atoms with van der Waals surface area (Å²) < 4.78 is 0. The zero-order valence-electron chi connectivity index (χ0n) is 9.71. The summed E-state index contributed by atoms with van der Waals surface area (Å²) in [5.74, 6) is 0. The summed E-state index contributed by atoms with van der Waals surface area (Å²) in [7, 11) is 0. The summed E-state index contributed by atoms with van der Waals surface area (Å²) in [5, 5.41) is 1.85. The van der Waals surface area contributed by atoms with E-state index in [1.807, 2.05) is 39.0 Å². The van der Waals surface area contributed by atoms with Gasteiger partial charge in [-0.05, 0) is 44.0 Å². The van der Waals surface area contributed by atoms with Gasteiger partial charge in [-0.15, -0.1) is 0 Å². The number of nitrogens with zero attached hydrogens (tertiary/aromatic N) is 1. The topological polar surface area (TPSA) is 38.9 Å².